The second-order valence-corrected chi connectivity index (χ2v) is 5.82. The molecule has 0 aromatic carbocycles. The van der Waals surface area contributed by atoms with Crippen LogP contribution in [0.3, 0.4) is 0 Å². The van der Waals surface area contributed by atoms with E-state index in [1.807, 2.05) is 13.1 Å². The van der Waals surface area contributed by atoms with Gasteiger partial charge in [0.1, 0.15) is 12.7 Å². The number of likely N-dealkylation sites (tertiary alicyclic amines) is 1. The van der Waals surface area contributed by atoms with Gasteiger partial charge in [0, 0.05) is 33.9 Å². The quantitative estimate of drug-likeness (QED) is 0.794. The molecule has 1 aliphatic heterocycles. The van der Waals surface area contributed by atoms with E-state index in [4.69, 9.17) is 9.47 Å². The molecule has 1 atom stereocenters. The van der Waals surface area contributed by atoms with Gasteiger partial charge in [0.2, 0.25) is 5.91 Å². The minimum absolute atomic E-state index is 0.0134. The van der Waals surface area contributed by atoms with Gasteiger partial charge in [-0.1, -0.05) is 0 Å². The molecule has 1 fully saturated rings. The van der Waals surface area contributed by atoms with Gasteiger partial charge in [-0.3, -0.25) is 9.48 Å². The summed E-state index contributed by atoms with van der Waals surface area (Å²) in [7, 11) is 5.11. The van der Waals surface area contributed by atoms with Crippen molar-refractivity contribution >= 4 is 12.0 Å². The maximum atomic E-state index is 12.2. The third-order valence-electron chi connectivity index (χ3n) is 3.76. The maximum Gasteiger partial charge on any atom is 0.409 e. The third kappa shape index (κ3) is 4.95. The smallest absolute Gasteiger partial charge is 0.409 e. The maximum absolute atomic E-state index is 12.2. The Labute approximate surface area is 135 Å². The van der Waals surface area contributed by atoms with E-state index in [9.17, 15) is 9.59 Å². The summed E-state index contributed by atoms with van der Waals surface area (Å²) >= 11 is 0. The molecule has 1 aromatic rings. The highest BCUT2D eigenvalue weighted by Crippen LogP contribution is 2.14. The van der Waals surface area contributed by atoms with Gasteiger partial charge in [-0.2, -0.15) is 5.10 Å². The Morgan fingerprint density at radius 3 is 2.87 bits per heavy atom. The molecule has 2 heterocycles. The Morgan fingerprint density at radius 2 is 2.22 bits per heavy atom. The van der Waals surface area contributed by atoms with Gasteiger partial charge in [0.05, 0.1) is 18.8 Å². The highest BCUT2D eigenvalue weighted by molar-refractivity contribution is 5.77. The Hall–Kier alpha value is -2.09. The first-order valence-electron chi connectivity index (χ1n) is 7.67. The Balaban J connectivity index is 1.75. The van der Waals surface area contributed by atoms with E-state index in [1.165, 1.54) is 4.90 Å². The summed E-state index contributed by atoms with van der Waals surface area (Å²) in [6, 6.07) is 1.85. The van der Waals surface area contributed by atoms with Gasteiger partial charge < -0.3 is 19.3 Å². The fourth-order valence-electron chi connectivity index (χ4n) is 2.39. The van der Waals surface area contributed by atoms with Crippen molar-refractivity contribution in [3.63, 3.8) is 0 Å². The molecule has 0 aliphatic carbocycles. The normalized spacial score (nSPS) is 17.9. The Morgan fingerprint density at radius 1 is 1.43 bits per heavy atom. The molecule has 2 amide bonds. The molecule has 1 unspecified atom stereocenters. The molecule has 0 bridgehead atoms. The van der Waals surface area contributed by atoms with Crippen LogP contribution in [0.1, 0.15) is 18.5 Å². The zero-order valence-electron chi connectivity index (χ0n) is 13.9. The van der Waals surface area contributed by atoms with E-state index in [1.54, 1.807) is 29.9 Å². The second-order valence-electron chi connectivity index (χ2n) is 5.82. The number of carbonyl (C=O) groups is 2. The lowest BCUT2D eigenvalue weighted by molar-refractivity contribution is -0.139. The summed E-state index contributed by atoms with van der Waals surface area (Å²) in [5.41, 5.74) is 0.911. The summed E-state index contributed by atoms with van der Waals surface area (Å²) in [6.07, 6.45) is 2.66. The number of rotatable bonds is 5. The van der Waals surface area contributed by atoms with Crippen molar-refractivity contribution in [3.05, 3.63) is 18.0 Å². The predicted octanol–water partition coefficient (Wildman–Crippen LogP) is 0.626. The first-order chi connectivity index (χ1) is 11.0. The molecule has 23 heavy (non-hydrogen) atoms. The van der Waals surface area contributed by atoms with E-state index in [0.29, 0.717) is 19.7 Å². The molecule has 1 saturated heterocycles. The average molecular weight is 324 g/mol. The van der Waals surface area contributed by atoms with Crippen LogP contribution in [0.5, 0.6) is 0 Å². The number of carbonyl (C=O) groups excluding carboxylic acids is 2. The first-order valence-corrected chi connectivity index (χ1v) is 7.67. The van der Waals surface area contributed by atoms with Crippen LogP contribution in [-0.4, -0.2) is 71.5 Å². The summed E-state index contributed by atoms with van der Waals surface area (Å²) in [5, 5.41) is 4.04. The molecule has 0 N–H and O–H groups in total. The molecular formula is C15H24N4O4. The Kier molecular flexibility index (Phi) is 5.97. The van der Waals surface area contributed by atoms with Crippen molar-refractivity contribution in [1.82, 2.24) is 19.6 Å². The summed E-state index contributed by atoms with van der Waals surface area (Å²) in [5.74, 6) is -0.0854. The zero-order chi connectivity index (χ0) is 16.8. The molecular weight excluding hydrogens is 300 g/mol. The van der Waals surface area contributed by atoms with Crippen LogP contribution in [0.15, 0.2) is 12.3 Å². The summed E-state index contributed by atoms with van der Waals surface area (Å²) in [4.78, 5) is 26.9. The molecule has 8 nitrogen and oxygen atoms in total. The predicted molar refractivity (Wildman–Crippen MR) is 82.6 cm³/mol. The largest absolute Gasteiger partial charge is 0.444 e. The minimum Gasteiger partial charge on any atom is -0.444 e. The molecule has 0 saturated carbocycles. The van der Waals surface area contributed by atoms with Crippen LogP contribution in [0.25, 0.3) is 0 Å². The van der Waals surface area contributed by atoms with Crippen LogP contribution in [0, 0.1) is 0 Å². The molecule has 1 aromatic heterocycles. The van der Waals surface area contributed by atoms with E-state index < -0.39 is 0 Å². The average Bonchev–Trinajstić information content (AvgIpc) is 2.92. The van der Waals surface area contributed by atoms with Crippen LogP contribution in [-0.2, 0) is 27.9 Å². The first kappa shape index (κ1) is 17.3. The zero-order valence-corrected chi connectivity index (χ0v) is 13.9. The number of amides is 2. The van der Waals surface area contributed by atoms with Gasteiger partial charge in [0.25, 0.3) is 0 Å². The fraction of sp³-hybridized carbons (Fsp3) is 0.667. The molecule has 8 heteroatoms. The van der Waals surface area contributed by atoms with Gasteiger partial charge in [-0.15, -0.1) is 0 Å². The van der Waals surface area contributed by atoms with Crippen molar-refractivity contribution in [2.24, 2.45) is 7.05 Å². The van der Waals surface area contributed by atoms with Gasteiger partial charge in [-0.25, -0.2) is 4.79 Å². The third-order valence-corrected chi connectivity index (χ3v) is 3.76. The van der Waals surface area contributed by atoms with E-state index in [-0.39, 0.29) is 24.7 Å². The standard InChI is InChI=1S/C15H24N4O4/c1-17(2)15(21)23-13-5-4-8-19(9-13)14(20)11-22-10-12-6-7-16-18(12)3/h6-7,13H,4-5,8-11H2,1-3H3. The molecule has 128 valence electrons. The van der Waals surface area contributed by atoms with Crippen molar-refractivity contribution in [3.8, 4) is 0 Å². The fourth-order valence-corrected chi connectivity index (χ4v) is 2.39. The van der Waals surface area contributed by atoms with Crippen molar-refractivity contribution < 1.29 is 19.1 Å². The molecule has 0 spiro atoms. The second kappa shape index (κ2) is 7.96. The number of piperidine rings is 1. The topological polar surface area (TPSA) is 76.9 Å². The van der Waals surface area contributed by atoms with Crippen LogP contribution in [0.4, 0.5) is 4.79 Å². The van der Waals surface area contributed by atoms with Crippen LogP contribution in [0.2, 0.25) is 0 Å². The van der Waals surface area contributed by atoms with Crippen molar-refractivity contribution in [2.75, 3.05) is 33.8 Å². The highest BCUT2D eigenvalue weighted by atomic mass is 16.6. The van der Waals surface area contributed by atoms with Gasteiger partial charge in [0.15, 0.2) is 0 Å². The number of aryl methyl sites for hydroxylation is 1. The molecule has 2 rings (SSSR count). The van der Waals surface area contributed by atoms with Gasteiger partial charge in [-0.05, 0) is 18.9 Å². The number of aromatic nitrogens is 2. The Bertz CT molecular complexity index is 543. The van der Waals surface area contributed by atoms with Crippen LogP contribution < -0.4 is 0 Å². The highest BCUT2D eigenvalue weighted by Gasteiger charge is 2.26. The number of ether oxygens (including phenoxy) is 2. The van der Waals surface area contributed by atoms with Crippen molar-refractivity contribution in [1.29, 1.82) is 0 Å². The van der Waals surface area contributed by atoms with Crippen LogP contribution >= 0.6 is 0 Å². The lowest BCUT2D eigenvalue weighted by Crippen LogP contribution is -2.46. The van der Waals surface area contributed by atoms with E-state index >= 15 is 0 Å². The van der Waals surface area contributed by atoms with E-state index in [2.05, 4.69) is 5.10 Å². The number of hydrogen-bond donors (Lipinski definition) is 0. The van der Waals surface area contributed by atoms with E-state index in [0.717, 1.165) is 18.5 Å². The lowest BCUT2D eigenvalue weighted by Gasteiger charge is -2.32. The SMILES string of the molecule is CN(C)C(=O)OC1CCCN(C(=O)COCc2ccnn2C)C1. The summed E-state index contributed by atoms with van der Waals surface area (Å²) in [6.45, 7) is 1.45. The minimum atomic E-state index is -0.378. The number of nitrogens with zero attached hydrogens (tertiary/aromatic N) is 4. The van der Waals surface area contributed by atoms with Crippen molar-refractivity contribution in [2.45, 2.75) is 25.6 Å². The molecule has 1 aliphatic rings. The molecule has 0 radical (unpaired) electrons. The number of hydrogen-bond acceptors (Lipinski definition) is 5. The monoisotopic (exact) mass is 324 g/mol. The van der Waals surface area contributed by atoms with Gasteiger partial charge >= 0.3 is 6.09 Å². The lowest BCUT2D eigenvalue weighted by atomic mass is 10.1. The summed E-state index contributed by atoms with van der Waals surface area (Å²) < 4.78 is 12.5.